The molecular formula is C35H57ClNO+. The first-order chi connectivity index (χ1) is 18.5. The van der Waals surface area contributed by atoms with Crippen molar-refractivity contribution in [2.75, 3.05) is 33.8 Å². The Bertz CT molecular complexity index is 835. The van der Waals surface area contributed by atoms with E-state index in [0.29, 0.717) is 0 Å². The number of hydrogen-bond acceptors (Lipinski definition) is 1. The molecule has 0 N–H and O–H groups in total. The van der Waals surface area contributed by atoms with E-state index in [1.165, 1.54) is 115 Å². The van der Waals surface area contributed by atoms with Crippen molar-refractivity contribution >= 4 is 11.6 Å². The lowest BCUT2D eigenvalue weighted by molar-refractivity contribution is -0.890. The summed E-state index contributed by atoms with van der Waals surface area (Å²) in [7, 11) is 4.67. The summed E-state index contributed by atoms with van der Waals surface area (Å²) >= 11 is 6.29. The molecule has 0 fully saturated rings. The lowest BCUT2D eigenvalue weighted by Gasteiger charge is -2.30. The number of quaternary nitrogens is 1. The Hall–Kier alpha value is -1.51. The average molecular weight is 543 g/mol. The van der Waals surface area contributed by atoms with Crippen molar-refractivity contribution in [3.05, 3.63) is 64.7 Å². The number of hydrogen-bond donors (Lipinski definition) is 0. The van der Waals surface area contributed by atoms with E-state index in [1.807, 2.05) is 18.2 Å². The molecule has 2 rings (SSSR count). The Morgan fingerprint density at radius 2 is 1.16 bits per heavy atom. The van der Waals surface area contributed by atoms with E-state index in [1.54, 1.807) is 0 Å². The van der Waals surface area contributed by atoms with Crippen molar-refractivity contribution in [1.29, 1.82) is 0 Å². The summed E-state index contributed by atoms with van der Waals surface area (Å²) in [6.07, 6.45) is 23.6. The van der Waals surface area contributed by atoms with Gasteiger partial charge in [0.1, 0.15) is 18.9 Å². The number of benzene rings is 2. The van der Waals surface area contributed by atoms with Gasteiger partial charge in [0.2, 0.25) is 0 Å². The van der Waals surface area contributed by atoms with E-state index in [9.17, 15) is 0 Å². The molecule has 2 nitrogen and oxygen atoms in total. The lowest BCUT2D eigenvalue weighted by Crippen LogP contribution is -2.43. The highest BCUT2D eigenvalue weighted by molar-refractivity contribution is 6.30. The highest BCUT2D eigenvalue weighted by atomic mass is 35.5. The van der Waals surface area contributed by atoms with Gasteiger partial charge in [-0.05, 0) is 42.2 Å². The Morgan fingerprint density at radius 1 is 0.632 bits per heavy atom. The van der Waals surface area contributed by atoms with Crippen molar-refractivity contribution in [2.45, 2.75) is 116 Å². The number of rotatable bonds is 23. The number of nitrogens with zero attached hydrogens (tertiary/aromatic N) is 1. The average Bonchev–Trinajstić information content (AvgIpc) is 2.90. The fraction of sp³-hybridized carbons (Fsp3) is 0.657. The number of ether oxygens (including phenoxy) is 1. The van der Waals surface area contributed by atoms with Gasteiger partial charge in [-0.3, -0.25) is 0 Å². The molecule has 0 amide bonds. The summed E-state index contributed by atoms with van der Waals surface area (Å²) < 4.78 is 7.27. The van der Waals surface area contributed by atoms with Crippen LogP contribution in [0.1, 0.15) is 121 Å². The molecule has 0 unspecified atom stereocenters. The molecule has 0 aliphatic carbocycles. The summed E-state index contributed by atoms with van der Waals surface area (Å²) in [5.74, 6) is 0.959. The molecule has 0 bridgehead atoms. The number of halogens is 1. The molecular weight excluding hydrogens is 486 g/mol. The topological polar surface area (TPSA) is 9.23 Å². The lowest BCUT2D eigenvalue weighted by atomic mass is 10.0. The van der Waals surface area contributed by atoms with Crippen LogP contribution in [0.25, 0.3) is 0 Å². The van der Waals surface area contributed by atoms with Gasteiger partial charge in [-0.25, -0.2) is 0 Å². The van der Waals surface area contributed by atoms with Gasteiger partial charge in [-0.2, -0.15) is 0 Å². The summed E-state index contributed by atoms with van der Waals surface area (Å²) in [5, 5.41) is 0.767. The zero-order chi connectivity index (χ0) is 27.3. The van der Waals surface area contributed by atoms with Crippen LogP contribution in [0.5, 0.6) is 5.75 Å². The summed E-state index contributed by atoms with van der Waals surface area (Å²) in [6.45, 7) is 5.27. The Kier molecular flexibility index (Phi) is 17.6. The minimum absolute atomic E-state index is 0.731. The predicted molar refractivity (Wildman–Crippen MR) is 168 cm³/mol. The second-order valence-corrected chi connectivity index (χ2v) is 12.4. The summed E-state index contributed by atoms with van der Waals surface area (Å²) in [6, 6.07) is 16.5. The minimum Gasteiger partial charge on any atom is -0.487 e. The van der Waals surface area contributed by atoms with Gasteiger partial charge in [-0.1, -0.05) is 139 Å². The first-order valence-corrected chi connectivity index (χ1v) is 16.1. The van der Waals surface area contributed by atoms with Gasteiger partial charge >= 0.3 is 0 Å². The smallest absolute Gasteiger partial charge is 0.137 e. The van der Waals surface area contributed by atoms with Gasteiger partial charge in [0, 0.05) is 11.4 Å². The molecule has 0 saturated heterocycles. The highest BCUT2D eigenvalue weighted by Gasteiger charge is 2.15. The minimum atomic E-state index is 0.731. The zero-order valence-electron chi connectivity index (χ0n) is 25.0. The molecule has 3 heteroatoms. The molecule has 38 heavy (non-hydrogen) atoms. The van der Waals surface area contributed by atoms with Crippen LogP contribution in [-0.4, -0.2) is 38.3 Å². The van der Waals surface area contributed by atoms with Gasteiger partial charge in [0.15, 0.2) is 0 Å². The van der Waals surface area contributed by atoms with Crippen LogP contribution in [0.4, 0.5) is 0 Å². The van der Waals surface area contributed by atoms with Crippen molar-refractivity contribution in [3.8, 4) is 5.75 Å². The predicted octanol–water partition coefficient (Wildman–Crippen LogP) is 10.6. The zero-order valence-corrected chi connectivity index (χ0v) is 25.8. The van der Waals surface area contributed by atoms with Gasteiger partial charge in [0.25, 0.3) is 0 Å². The van der Waals surface area contributed by atoms with Crippen LogP contribution >= 0.6 is 11.6 Å². The Balaban J connectivity index is 1.49. The van der Waals surface area contributed by atoms with Crippen molar-refractivity contribution in [1.82, 2.24) is 0 Å². The molecule has 0 aliphatic heterocycles. The summed E-state index contributed by atoms with van der Waals surface area (Å²) in [4.78, 5) is 0. The van der Waals surface area contributed by atoms with Crippen LogP contribution in [-0.2, 0) is 6.42 Å². The maximum absolute atomic E-state index is 6.29. The standard InChI is InChI=1S/C35H57ClNO/c1-4-5-6-7-8-9-10-11-12-13-14-15-16-17-18-22-27-37(2,3)28-29-38-35-26-25-34(36)31-33(35)30-32-23-20-19-21-24-32/h19-21,23-26,31H,4-18,22,27-30H2,1-3H3/q+1. The van der Waals surface area contributed by atoms with Crippen molar-refractivity contribution in [2.24, 2.45) is 0 Å². The maximum atomic E-state index is 6.29. The number of likely N-dealkylation sites (N-methyl/N-ethyl adjacent to an activating group) is 1. The van der Waals surface area contributed by atoms with Gasteiger partial charge < -0.3 is 9.22 Å². The third-order valence-corrected chi connectivity index (χ3v) is 8.07. The van der Waals surface area contributed by atoms with Crippen molar-refractivity contribution < 1.29 is 9.22 Å². The molecule has 2 aromatic rings. The second kappa shape index (κ2) is 20.4. The first kappa shape index (κ1) is 32.7. The van der Waals surface area contributed by atoms with Crippen LogP contribution in [0.3, 0.4) is 0 Å². The monoisotopic (exact) mass is 542 g/mol. The molecule has 0 aliphatic rings. The highest BCUT2D eigenvalue weighted by Crippen LogP contribution is 2.26. The van der Waals surface area contributed by atoms with E-state index >= 15 is 0 Å². The normalized spacial score (nSPS) is 11.7. The summed E-state index contributed by atoms with van der Waals surface area (Å²) in [5.41, 5.74) is 2.44. The van der Waals surface area contributed by atoms with E-state index in [4.69, 9.17) is 16.3 Å². The Labute approximate surface area is 240 Å². The fourth-order valence-corrected chi connectivity index (χ4v) is 5.44. The maximum Gasteiger partial charge on any atom is 0.137 e. The van der Waals surface area contributed by atoms with Gasteiger partial charge in [0.05, 0.1) is 20.6 Å². The largest absolute Gasteiger partial charge is 0.487 e. The van der Waals surface area contributed by atoms with Crippen molar-refractivity contribution in [3.63, 3.8) is 0 Å². The van der Waals surface area contributed by atoms with Crippen LogP contribution in [0, 0.1) is 0 Å². The van der Waals surface area contributed by atoms with Gasteiger partial charge in [-0.15, -0.1) is 0 Å². The van der Waals surface area contributed by atoms with Crippen LogP contribution in [0.15, 0.2) is 48.5 Å². The molecule has 214 valence electrons. The molecule has 0 atom stereocenters. The molecule has 0 saturated carbocycles. The SMILES string of the molecule is CCCCCCCCCCCCCCCCCC[N+](C)(C)CCOc1ccc(Cl)cc1Cc1ccccc1. The number of unbranched alkanes of at least 4 members (excludes halogenated alkanes) is 15. The van der Waals surface area contributed by atoms with E-state index in [-0.39, 0.29) is 0 Å². The van der Waals surface area contributed by atoms with E-state index in [0.717, 1.165) is 40.4 Å². The third-order valence-electron chi connectivity index (χ3n) is 7.83. The molecule has 0 radical (unpaired) electrons. The van der Waals surface area contributed by atoms with E-state index in [2.05, 4.69) is 51.4 Å². The van der Waals surface area contributed by atoms with Crippen LogP contribution < -0.4 is 4.74 Å². The quantitative estimate of drug-likeness (QED) is 0.100. The van der Waals surface area contributed by atoms with E-state index < -0.39 is 0 Å². The molecule has 0 aromatic heterocycles. The van der Waals surface area contributed by atoms with Crippen LogP contribution in [0.2, 0.25) is 5.02 Å². The fourth-order valence-electron chi connectivity index (χ4n) is 5.25. The molecule has 0 heterocycles. The molecule has 0 spiro atoms. The third kappa shape index (κ3) is 15.8. The first-order valence-electron chi connectivity index (χ1n) is 15.8. The molecule has 2 aromatic carbocycles. The Morgan fingerprint density at radius 3 is 1.71 bits per heavy atom. The second-order valence-electron chi connectivity index (χ2n) is 11.9.